The molecule has 2 nitrogen and oxygen atoms in total. The second kappa shape index (κ2) is 8.05. The molecule has 0 heterocycles. The van der Waals surface area contributed by atoms with Gasteiger partial charge in [-0.2, -0.15) is 0 Å². The van der Waals surface area contributed by atoms with E-state index in [1.807, 2.05) is 23.1 Å². The van der Waals surface area contributed by atoms with Crippen molar-refractivity contribution in [1.82, 2.24) is 4.90 Å². The Hall–Kier alpha value is -0.350. The van der Waals surface area contributed by atoms with Gasteiger partial charge in [0, 0.05) is 27.1 Å². The molecule has 0 saturated carbocycles. The summed E-state index contributed by atoms with van der Waals surface area (Å²) in [4.78, 5) is 14.5. The average Bonchev–Trinajstić information content (AvgIpc) is 2.32. The minimum Gasteiger partial charge on any atom is -0.336 e. The molecule has 0 aliphatic rings. The summed E-state index contributed by atoms with van der Waals surface area (Å²) in [5, 5.41) is 0. The van der Waals surface area contributed by atoms with Crippen molar-refractivity contribution in [3.63, 3.8) is 0 Å². The lowest BCUT2D eigenvalue weighted by Crippen LogP contribution is -2.37. The van der Waals surface area contributed by atoms with Gasteiger partial charge in [0.2, 0.25) is 0 Å². The Kier molecular flexibility index (Phi) is 7.08. The van der Waals surface area contributed by atoms with Gasteiger partial charge >= 0.3 is 0 Å². The summed E-state index contributed by atoms with van der Waals surface area (Å²) >= 11 is 6.86. The zero-order valence-corrected chi connectivity index (χ0v) is 14.9. The van der Waals surface area contributed by atoms with Gasteiger partial charge in [-0.05, 0) is 38.5 Å². The van der Waals surface area contributed by atoms with Crippen LogP contribution in [-0.4, -0.2) is 23.4 Å². The SMILES string of the molecule is CCCCCN(C(=O)c1cc(Br)cc(Br)c1)C(C)C. The fourth-order valence-corrected chi connectivity index (χ4v) is 3.26. The van der Waals surface area contributed by atoms with Crippen LogP contribution in [0.5, 0.6) is 0 Å². The summed E-state index contributed by atoms with van der Waals surface area (Å²) in [6.07, 6.45) is 3.40. The fourth-order valence-electron chi connectivity index (χ4n) is 1.97. The zero-order chi connectivity index (χ0) is 14.4. The third-order valence-electron chi connectivity index (χ3n) is 3.00. The maximum atomic E-state index is 12.6. The van der Waals surface area contributed by atoms with Gasteiger partial charge in [0.25, 0.3) is 5.91 Å². The van der Waals surface area contributed by atoms with Crippen molar-refractivity contribution in [3.05, 3.63) is 32.7 Å². The Morgan fingerprint density at radius 2 is 1.74 bits per heavy atom. The van der Waals surface area contributed by atoms with Crippen LogP contribution in [0.2, 0.25) is 0 Å². The summed E-state index contributed by atoms with van der Waals surface area (Å²) in [5.41, 5.74) is 0.728. The first-order chi connectivity index (χ1) is 8.95. The molecule has 0 aliphatic carbocycles. The number of carbonyl (C=O) groups is 1. The van der Waals surface area contributed by atoms with Crippen molar-refractivity contribution in [2.45, 2.75) is 46.1 Å². The maximum absolute atomic E-state index is 12.6. The van der Waals surface area contributed by atoms with E-state index in [0.717, 1.165) is 27.5 Å². The van der Waals surface area contributed by atoms with Crippen LogP contribution < -0.4 is 0 Å². The molecule has 106 valence electrons. The molecule has 0 bridgehead atoms. The minimum absolute atomic E-state index is 0.105. The number of nitrogens with zero attached hydrogens (tertiary/aromatic N) is 1. The molecular weight excluding hydrogens is 370 g/mol. The van der Waals surface area contributed by atoms with Gasteiger partial charge in [0.05, 0.1) is 0 Å². The summed E-state index contributed by atoms with van der Waals surface area (Å²) in [6, 6.07) is 5.92. The van der Waals surface area contributed by atoms with Gasteiger partial charge < -0.3 is 4.90 Å². The lowest BCUT2D eigenvalue weighted by molar-refractivity contribution is 0.0702. The van der Waals surface area contributed by atoms with Crippen LogP contribution in [0.4, 0.5) is 0 Å². The van der Waals surface area contributed by atoms with Crippen molar-refractivity contribution in [2.75, 3.05) is 6.54 Å². The zero-order valence-electron chi connectivity index (χ0n) is 11.7. The van der Waals surface area contributed by atoms with E-state index in [9.17, 15) is 4.79 Å². The third-order valence-corrected chi connectivity index (χ3v) is 3.91. The van der Waals surface area contributed by atoms with E-state index in [2.05, 4.69) is 52.6 Å². The van der Waals surface area contributed by atoms with Crippen LogP contribution in [-0.2, 0) is 0 Å². The van der Waals surface area contributed by atoms with E-state index in [1.165, 1.54) is 12.8 Å². The van der Waals surface area contributed by atoms with E-state index in [4.69, 9.17) is 0 Å². The molecule has 19 heavy (non-hydrogen) atoms. The smallest absolute Gasteiger partial charge is 0.254 e. The fraction of sp³-hybridized carbons (Fsp3) is 0.533. The first kappa shape index (κ1) is 16.7. The van der Waals surface area contributed by atoms with Gasteiger partial charge in [-0.1, -0.05) is 51.6 Å². The number of hydrogen-bond acceptors (Lipinski definition) is 1. The quantitative estimate of drug-likeness (QED) is 0.607. The number of halogens is 2. The molecule has 1 aromatic rings. The minimum atomic E-state index is 0.105. The van der Waals surface area contributed by atoms with E-state index < -0.39 is 0 Å². The molecule has 1 aromatic carbocycles. The van der Waals surface area contributed by atoms with Crippen LogP contribution >= 0.6 is 31.9 Å². The van der Waals surface area contributed by atoms with E-state index >= 15 is 0 Å². The summed E-state index contributed by atoms with van der Waals surface area (Å²) < 4.78 is 1.84. The first-order valence-corrected chi connectivity index (χ1v) is 8.31. The number of amides is 1. The molecule has 0 spiro atoms. The van der Waals surface area contributed by atoms with Crippen LogP contribution in [0.1, 0.15) is 50.4 Å². The predicted molar refractivity (Wildman–Crippen MR) is 87.5 cm³/mol. The second-order valence-electron chi connectivity index (χ2n) is 4.96. The molecule has 0 unspecified atom stereocenters. The van der Waals surface area contributed by atoms with Crippen LogP contribution in [0.25, 0.3) is 0 Å². The molecule has 0 aromatic heterocycles. The van der Waals surface area contributed by atoms with Gasteiger partial charge in [-0.25, -0.2) is 0 Å². The third kappa shape index (κ3) is 5.27. The Balaban J connectivity index is 2.86. The van der Waals surface area contributed by atoms with Crippen LogP contribution in [0.3, 0.4) is 0 Å². The topological polar surface area (TPSA) is 20.3 Å². The highest BCUT2D eigenvalue weighted by molar-refractivity contribution is 9.11. The standard InChI is InChI=1S/C15H21Br2NO/c1-4-5-6-7-18(11(2)3)15(19)12-8-13(16)10-14(17)9-12/h8-11H,4-7H2,1-3H3. The Morgan fingerprint density at radius 1 is 1.16 bits per heavy atom. The predicted octanol–water partition coefficient (Wildman–Crippen LogP) is 5.25. The maximum Gasteiger partial charge on any atom is 0.254 e. The summed E-state index contributed by atoms with van der Waals surface area (Å²) in [7, 11) is 0. The van der Waals surface area contributed by atoms with E-state index in [1.54, 1.807) is 0 Å². The molecule has 1 amide bonds. The molecular formula is C15H21Br2NO. The number of rotatable bonds is 6. The van der Waals surface area contributed by atoms with E-state index in [-0.39, 0.29) is 11.9 Å². The lowest BCUT2D eigenvalue weighted by Gasteiger charge is -2.27. The molecule has 0 atom stereocenters. The molecule has 0 saturated heterocycles. The van der Waals surface area contributed by atoms with Crippen LogP contribution in [0, 0.1) is 0 Å². The number of carbonyl (C=O) groups excluding carboxylic acids is 1. The van der Waals surface area contributed by atoms with Crippen molar-refractivity contribution >= 4 is 37.8 Å². The highest BCUT2D eigenvalue weighted by atomic mass is 79.9. The summed E-state index contributed by atoms with van der Waals surface area (Å²) in [5.74, 6) is 0.105. The van der Waals surface area contributed by atoms with Crippen molar-refractivity contribution in [1.29, 1.82) is 0 Å². The largest absolute Gasteiger partial charge is 0.336 e. The molecule has 4 heteroatoms. The Morgan fingerprint density at radius 3 is 2.21 bits per heavy atom. The molecule has 0 aliphatic heterocycles. The van der Waals surface area contributed by atoms with Gasteiger partial charge in [-0.3, -0.25) is 4.79 Å². The van der Waals surface area contributed by atoms with Gasteiger partial charge in [0.15, 0.2) is 0 Å². The van der Waals surface area contributed by atoms with E-state index in [0.29, 0.717) is 0 Å². The van der Waals surface area contributed by atoms with Crippen molar-refractivity contribution in [3.8, 4) is 0 Å². The molecule has 0 fully saturated rings. The van der Waals surface area contributed by atoms with Crippen molar-refractivity contribution in [2.24, 2.45) is 0 Å². The molecule has 1 rings (SSSR count). The van der Waals surface area contributed by atoms with Gasteiger partial charge in [-0.15, -0.1) is 0 Å². The summed E-state index contributed by atoms with van der Waals surface area (Å²) in [6.45, 7) is 7.13. The molecule has 0 radical (unpaired) electrons. The first-order valence-electron chi connectivity index (χ1n) is 6.72. The Labute approximate surface area is 132 Å². The highest BCUT2D eigenvalue weighted by Crippen LogP contribution is 2.22. The number of unbranched alkanes of at least 4 members (excludes halogenated alkanes) is 2. The normalized spacial score (nSPS) is 10.8. The van der Waals surface area contributed by atoms with Gasteiger partial charge in [0.1, 0.15) is 0 Å². The Bertz CT molecular complexity index is 412. The average molecular weight is 391 g/mol. The number of benzene rings is 1. The lowest BCUT2D eigenvalue weighted by atomic mass is 10.1. The molecule has 0 N–H and O–H groups in total. The number of hydrogen-bond donors (Lipinski definition) is 0. The van der Waals surface area contributed by atoms with Crippen LogP contribution in [0.15, 0.2) is 27.1 Å². The highest BCUT2D eigenvalue weighted by Gasteiger charge is 2.18. The monoisotopic (exact) mass is 389 g/mol. The van der Waals surface area contributed by atoms with Crippen molar-refractivity contribution < 1.29 is 4.79 Å². The second-order valence-corrected chi connectivity index (χ2v) is 6.79.